The van der Waals surface area contributed by atoms with Gasteiger partial charge in [-0.05, 0) is 19.1 Å². The van der Waals surface area contributed by atoms with Crippen LogP contribution in [0.1, 0.15) is 15.4 Å². The molecule has 0 aliphatic carbocycles. The van der Waals surface area contributed by atoms with Crippen molar-refractivity contribution in [3.8, 4) is 11.3 Å². The van der Waals surface area contributed by atoms with Crippen LogP contribution in [0, 0.1) is 6.92 Å². The van der Waals surface area contributed by atoms with E-state index in [-0.39, 0.29) is 5.91 Å². The molecule has 6 nitrogen and oxygen atoms in total. The Hall–Kier alpha value is -2.51. The van der Waals surface area contributed by atoms with Gasteiger partial charge in [-0.2, -0.15) is 5.10 Å². The van der Waals surface area contributed by atoms with E-state index in [9.17, 15) is 4.79 Å². The van der Waals surface area contributed by atoms with E-state index in [4.69, 9.17) is 4.74 Å². The molecule has 7 heteroatoms. The van der Waals surface area contributed by atoms with Gasteiger partial charge in [0.1, 0.15) is 0 Å². The van der Waals surface area contributed by atoms with E-state index < -0.39 is 0 Å². The summed E-state index contributed by atoms with van der Waals surface area (Å²) < 4.78 is 6.74. The van der Waals surface area contributed by atoms with Crippen molar-refractivity contribution in [3.05, 3.63) is 52.5 Å². The van der Waals surface area contributed by atoms with E-state index in [1.165, 1.54) is 0 Å². The van der Waals surface area contributed by atoms with Gasteiger partial charge in [-0.15, -0.1) is 11.3 Å². The molecular weight excluding hydrogens is 324 g/mol. The van der Waals surface area contributed by atoms with Crippen LogP contribution >= 0.6 is 11.3 Å². The average molecular weight is 342 g/mol. The summed E-state index contributed by atoms with van der Waals surface area (Å²) in [5.41, 5.74) is 2.39. The van der Waals surface area contributed by atoms with Crippen LogP contribution in [0.2, 0.25) is 0 Å². The summed E-state index contributed by atoms with van der Waals surface area (Å²) in [5.74, 6) is 0.326. The first kappa shape index (κ1) is 16.4. The number of benzene rings is 1. The van der Waals surface area contributed by atoms with E-state index in [0.717, 1.165) is 16.3 Å². The van der Waals surface area contributed by atoms with Gasteiger partial charge in [0.05, 0.1) is 23.9 Å². The van der Waals surface area contributed by atoms with Crippen molar-refractivity contribution in [1.82, 2.24) is 14.8 Å². The molecule has 124 valence electrons. The minimum atomic E-state index is -0.194. The second-order valence-corrected chi connectivity index (χ2v) is 6.31. The summed E-state index contributed by atoms with van der Waals surface area (Å²) in [4.78, 5) is 16.9. The van der Waals surface area contributed by atoms with Gasteiger partial charge in [0, 0.05) is 35.9 Å². The number of aryl methyl sites for hydroxylation is 1. The molecule has 0 saturated heterocycles. The Morgan fingerprint density at radius 2 is 2.25 bits per heavy atom. The zero-order valence-electron chi connectivity index (χ0n) is 13.5. The molecule has 1 aromatic carbocycles. The van der Waals surface area contributed by atoms with Gasteiger partial charge in [0.15, 0.2) is 5.82 Å². The van der Waals surface area contributed by atoms with Gasteiger partial charge < -0.3 is 10.1 Å². The van der Waals surface area contributed by atoms with Gasteiger partial charge in [0.2, 0.25) is 0 Å². The Morgan fingerprint density at radius 3 is 3.00 bits per heavy atom. The van der Waals surface area contributed by atoms with Crippen molar-refractivity contribution >= 4 is 23.1 Å². The van der Waals surface area contributed by atoms with Crippen LogP contribution in [0.5, 0.6) is 0 Å². The molecule has 3 rings (SSSR count). The Kier molecular flexibility index (Phi) is 5.02. The molecule has 2 heterocycles. The molecule has 0 aliphatic rings. The fraction of sp³-hybridized carbons (Fsp3) is 0.235. The van der Waals surface area contributed by atoms with E-state index >= 15 is 0 Å². The molecule has 0 aliphatic heterocycles. The summed E-state index contributed by atoms with van der Waals surface area (Å²) in [7, 11) is 1.64. The third kappa shape index (κ3) is 3.87. The molecule has 0 atom stereocenters. The Labute approximate surface area is 144 Å². The first-order valence-corrected chi connectivity index (χ1v) is 8.40. The summed E-state index contributed by atoms with van der Waals surface area (Å²) in [6.45, 7) is 3.18. The zero-order chi connectivity index (χ0) is 16.9. The van der Waals surface area contributed by atoms with Gasteiger partial charge in [-0.25, -0.2) is 4.98 Å². The number of ether oxygens (including phenoxy) is 1. The number of anilines is 1. The third-order valence-electron chi connectivity index (χ3n) is 3.45. The predicted molar refractivity (Wildman–Crippen MR) is 94.3 cm³/mol. The third-order valence-corrected chi connectivity index (χ3v) is 4.22. The first-order valence-electron chi connectivity index (χ1n) is 7.52. The Morgan fingerprint density at radius 1 is 1.38 bits per heavy atom. The number of amides is 1. The molecule has 24 heavy (non-hydrogen) atoms. The van der Waals surface area contributed by atoms with Crippen LogP contribution in [-0.2, 0) is 11.3 Å². The van der Waals surface area contributed by atoms with Crippen LogP contribution in [0.3, 0.4) is 0 Å². The highest BCUT2D eigenvalue weighted by Gasteiger charge is 2.10. The molecule has 0 saturated carbocycles. The van der Waals surface area contributed by atoms with Crippen molar-refractivity contribution in [2.45, 2.75) is 13.5 Å². The zero-order valence-corrected chi connectivity index (χ0v) is 14.3. The van der Waals surface area contributed by atoms with Crippen molar-refractivity contribution in [2.75, 3.05) is 19.0 Å². The highest BCUT2D eigenvalue weighted by atomic mass is 32.1. The van der Waals surface area contributed by atoms with Crippen LogP contribution in [0.15, 0.2) is 41.9 Å². The second kappa shape index (κ2) is 7.37. The fourth-order valence-corrected chi connectivity index (χ4v) is 2.86. The lowest BCUT2D eigenvalue weighted by atomic mass is 10.1. The number of nitrogens with one attached hydrogen (secondary N) is 1. The molecule has 0 radical (unpaired) electrons. The lowest BCUT2D eigenvalue weighted by Gasteiger charge is -2.04. The Balaban J connectivity index is 1.72. The minimum absolute atomic E-state index is 0.194. The number of aromatic nitrogens is 3. The van der Waals surface area contributed by atoms with Crippen LogP contribution in [-0.4, -0.2) is 34.4 Å². The molecule has 3 aromatic rings. The molecule has 1 amide bonds. The van der Waals surface area contributed by atoms with Crippen molar-refractivity contribution in [2.24, 2.45) is 0 Å². The van der Waals surface area contributed by atoms with Crippen LogP contribution in [0.25, 0.3) is 11.3 Å². The van der Waals surface area contributed by atoms with E-state index in [1.54, 1.807) is 35.3 Å². The highest BCUT2D eigenvalue weighted by Crippen LogP contribution is 2.22. The van der Waals surface area contributed by atoms with E-state index in [1.807, 2.05) is 36.7 Å². The lowest BCUT2D eigenvalue weighted by Crippen LogP contribution is -2.13. The van der Waals surface area contributed by atoms with E-state index in [0.29, 0.717) is 24.5 Å². The van der Waals surface area contributed by atoms with Gasteiger partial charge in [-0.3, -0.25) is 9.48 Å². The molecule has 2 aromatic heterocycles. The fourth-order valence-electron chi connectivity index (χ4n) is 2.24. The number of hydrogen-bond acceptors (Lipinski definition) is 5. The van der Waals surface area contributed by atoms with Gasteiger partial charge in [0.25, 0.3) is 5.91 Å². The standard InChI is InChI=1S/C17H18N4O2S/c1-12-18-15(11-24-12)13-4-3-5-14(10-13)17(22)19-16-6-7-21(20-16)8-9-23-2/h3-7,10-11H,8-9H2,1-2H3,(H,19,20,22). The second-order valence-electron chi connectivity index (χ2n) is 5.24. The van der Waals surface area contributed by atoms with E-state index in [2.05, 4.69) is 15.4 Å². The first-order chi connectivity index (χ1) is 11.7. The van der Waals surface area contributed by atoms with Gasteiger partial charge >= 0.3 is 0 Å². The molecular formula is C17H18N4O2S. The number of nitrogens with zero attached hydrogens (tertiary/aromatic N) is 3. The summed E-state index contributed by atoms with van der Waals surface area (Å²) in [6, 6.07) is 9.19. The summed E-state index contributed by atoms with van der Waals surface area (Å²) in [5, 5.41) is 10.1. The van der Waals surface area contributed by atoms with Gasteiger partial charge in [-0.1, -0.05) is 12.1 Å². The SMILES string of the molecule is COCCn1ccc(NC(=O)c2cccc(-c3csc(C)n3)c2)n1. The van der Waals surface area contributed by atoms with Crippen molar-refractivity contribution < 1.29 is 9.53 Å². The predicted octanol–water partition coefficient (Wildman–Crippen LogP) is 3.21. The monoisotopic (exact) mass is 342 g/mol. The highest BCUT2D eigenvalue weighted by molar-refractivity contribution is 7.09. The summed E-state index contributed by atoms with van der Waals surface area (Å²) in [6.07, 6.45) is 1.81. The maximum Gasteiger partial charge on any atom is 0.256 e. The number of carbonyl (C=O) groups excluding carboxylic acids is 1. The normalized spacial score (nSPS) is 10.8. The molecule has 0 spiro atoms. The van der Waals surface area contributed by atoms with Crippen LogP contribution < -0.4 is 5.32 Å². The number of methoxy groups -OCH3 is 1. The number of thiazole rings is 1. The maximum atomic E-state index is 12.4. The Bertz CT molecular complexity index is 840. The topological polar surface area (TPSA) is 69.0 Å². The average Bonchev–Trinajstić information content (AvgIpc) is 3.22. The molecule has 0 unspecified atom stereocenters. The van der Waals surface area contributed by atoms with Crippen molar-refractivity contribution in [1.29, 1.82) is 0 Å². The largest absolute Gasteiger partial charge is 0.383 e. The maximum absolute atomic E-state index is 12.4. The van der Waals surface area contributed by atoms with Crippen molar-refractivity contribution in [3.63, 3.8) is 0 Å². The number of hydrogen-bond donors (Lipinski definition) is 1. The molecule has 0 bridgehead atoms. The number of carbonyl (C=O) groups is 1. The van der Waals surface area contributed by atoms with Crippen LogP contribution in [0.4, 0.5) is 5.82 Å². The quantitative estimate of drug-likeness (QED) is 0.747. The molecule has 0 fully saturated rings. The molecule has 1 N–H and O–H groups in total. The lowest BCUT2D eigenvalue weighted by molar-refractivity contribution is 0.102. The minimum Gasteiger partial charge on any atom is -0.383 e. The summed E-state index contributed by atoms with van der Waals surface area (Å²) >= 11 is 1.59. The smallest absolute Gasteiger partial charge is 0.256 e. The number of rotatable bonds is 6.